The van der Waals surface area contributed by atoms with E-state index in [0.29, 0.717) is 12.5 Å². The number of aliphatic imine (C=N–C) groups is 1. The molecule has 0 amide bonds. The molecule has 1 aliphatic rings. The predicted molar refractivity (Wildman–Crippen MR) is 140 cm³/mol. The minimum Gasteiger partial charge on any atom is -0.497 e. The monoisotopic (exact) mass is 547 g/mol. The molecule has 1 aliphatic heterocycles. The molecule has 0 spiro atoms. The third-order valence-corrected chi connectivity index (χ3v) is 5.32. The van der Waals surface area contributed by atoms with Crippen LogP contribution in [0.4, 0.5) is 0 Å². The van der Waals surface area contributed by atoms with Crippen LogP contribution in [-0.2, 0) is 11.3 Å². The van der Waals surface area contributed by atoms with Crippen molar-refractivity contribution >= 4 is 29.9 Å². The first-order valence-corrected chi connectivity index (χ1v) is 11.2. The molecule has 1 fully saturated rings. The van der Waals surface area contributed by atoms with Crippen molar-refractivity contribution in [3.63, 3.8) is 0 Å². The second kappa shape index (κ2) is 16.5. The second-order valence-corrected chi connectivity index (χ2v) is 8.08. The third-order valence-electron chi connectivity index (χ3n) is 5.32. The first kappa shape index (κ1) is 27.9. The summed E-state index contributed by atoms with van der Waals surface area (Å²) in [6, 6.07) is 8.08. The van der Waals surface area contributed by atoms with Crippen LogP contribution in [0.3, 0.4) is 0 Å². The second-order valence-electron chi connectivity index (χ2n) is 8.08. The summed E-state index contributed by atoms with van der Waals surface area (Å²) in [5.74, 6) is 2.30. The Labute approximate surface area is 206 Å². The molecule has 2 rings (SSSR count). The van der Waals surface area contributed by atoms with Crippen LogP contribution >= 0.6 is 24.0 Å². The molecule has 0 saturated carbocycles. The van der Waals surface area contributed by atoms with E-state index in [1.54, 1.807) is 7.11 Å². The lowest BCUT2D eigenvalue weighted by molar-refractivity contribution is 0.139. The van der Waals surface area contributed by atoms with Crippen LogP contribution in [0, 0.1) is 5.92 Å². The number of nitrogens with one attached hydrogen (secondary N) is 2. The highest BCUT2D eigenvalue weighted by Crippen LogP contribution is 2.12. The molecule has 2 N–H and O–H groups in total. The first-order valence-electron chi connectivity index (χ1n) is 11.2. The van der Waals surface area contributed by atoms with Crippen molar-refractivity contribution < 1.29 is 9.47 Å². The third kappa shape index (κ3) is 11.9. The van der Waals surface area contributed by atoms with E-state index in [9.17, 15) is 0 Å². The Balaban J connectivity index is 0.00000480. The zero-order chi connectivity index (χ0) is 21.6. The molecule has 1 aromatic rings. The molecule has 0 aliphatic carbocycles. The summed E-state index contributed by atoms with van der Waals surface area (Å²) in [7, 11) is 3.88. The molecule has 7 nitrogen and oxygen atoms in total. The predicted octanol–water partition coefficient (Wildman–Crippen LogP) is 2.66. The lowest BCUT2D eigenvalue weighted by atomic mass is 10.1. The van der Waals surface area contributed by atoms with Crippen LogP contribution in [0.1, 0.15) is 25.8 Å². The van der Waals surface area contributed by atoms with Gasteiger partial charge in [-0.1, -0.05) is 19.1 Å². The van der Waals surface area contributed by atoms with Gasteiger partial charge < -0.3 is 29.9 Å². The van der Waals surface area contributed by atoms with Gasteiger partial charge in [-0.05, 0) is 44.0 Å². The number of nitrogens with zero attached hydrogens (tertiary/aromatic N) is 3. The summed E-state index contributed by atoms with van der Waals surface area (Å²) in [6.45, 7) is 14.0. The molecule has 1 unspecified atom stereocenters. The molecule has 1 aromatic carbocycles. The summed E-state index contributed by atoms with van der Waals surface area (Å²) in [5.41, 5.74) is 1.16. The Kier molecular flexibility index (Phi) is 14.9. The van der Waals surface area contributed by atoms with Crippen molar-refractivity contribution in [1.29, 1.82) is 0 Å². The number of hydrogen-bond donors (Lipinski definition) is 2. The lowest BCUT2D eigenvalue weighted by Crippen LogP contribution is -2.47. The molecule has 0 radical (unpaired) electrons. The Hall–Kier alpha value is -1.10. The first-order chi connectivity index (χ1) is 14.6. The Morgan fingerprint density at radius 1 is 1.13 bits per heavy atom. The van der Waals surface area contributed by atoms with Crippen LogP contribution in [-0.4, -0.2) is 88.9 Å². The van der Waals surface area contributed by atoms with Crippen molar-refractivity contribution in [2.75, 3.05) is 73.2 Å². The minimum absolute atomic E-state index is 0. The maximum atomic E-state index is 5.44. The molecule has 1 atom stereocenters. The topological polar surface area (TPSA) is 61.4 Å². The maximum Gasteiger partial charge on any atom is 0.191 e. The van der Waals surface area contributed by atoms with Gasteiger partial charge >= 0.3 is 0 Å². The van der Waals surface area contributed by atoms with E-state index in [1.807, 2.05) is 19.1 Å². The van der Waals surface area contributed by atoms with Crippen molar-refractivity contribution in [2.24, 2.45) is 10.9 Å². The highest BCUT2D eigenvalue weighted by atomic mass is 127. The number of likely N-dealkylation sites (N-methyl/N-ethyl adjacent to an activating group) is 1. The summed E-state index contributed by atoms with van der Waals surface area (Å²) in [5, 5.41) is 6.99. The Morgan fingerprint density at radius 3 is 2.48 bits per heavy atom. The SMILES string of the molecule is CCOCCCNC(=NCc1ccc(OC)cc1)NCC(C)CN1CCN(C)CC1.I. The number of methoxy groups -OCH3 is 1. The lowest BCUT2D eigenvalue weighted by Gasteiger charge is -2.34. The molecule has 0 bridgehead atoms. The molecule has 1 heterocycles. The number of ether oxygens (including phenoxy) is 2. The number of rotatable bonds is 12. The fourth-order valence-corrected chi connectivity index (χ4v) is 3.41. The summed E-state index contributed by atoms with van der Waals surface area (Å²) < 4.78 is 10.7. The van der Waals surface area contributed by atoms with Gasteiger partial charge in [-0.2, -0.15) is 0 Å². The van der Waals surface area contributed by atoms with Crippen molar-refractivity contribution in [3.8, 4) is 5.75 Å². The van der Waals surface area contributed by atoms with Gasteiger partial charge in [0.2, 0.25) is 0 Å². The van der Waals surface area contributed by atoms with Gasteiger partial charge in [0.25, 0.3) is 0 Å². The van der Waals surface area contributed by atoms with E-state index in [2.05, 4.69) is 46.5 Å². The van der Waals surface area contributed by atoms with E-state index in [0.717, 1.165) is 82.7 Å². The standard InChI is InChI=1S/C23H41N5O2.HI/c1-5-30-16-6-11-24-23(26-18-21-7-9-22(29-4)10-8-21)25-17-20(2)19-28-14-12-27(3)13-15-28;/h7-10,20H,5-6,11-19H2,1-4H3,(H2,24,25,26);1H. The number of hydrogen-bond acceptors (Lipinski definition) is 5. The minimum atomic E-state index is 0. The number of benzene rings is 1. The largest absolute Gasteiger partial charge is 0.497 e. The molecular weight excluding hydrogens is 505 g/mol. The van der Waals surface area contributed by atoms with Crippen molar-refractivity contribution in [3.05, 3.63) is 29.8 Å². The van der Waals surface area contributed by atoms with E-state index in [4.69, 9.17) is 14.5 Å². The van der Waals surface area contributed by atoms with Crippen LogP contribution in [0.25, 0.3) is 0 Å². The number of guanidine groups is 1. The smallest absolute Gasteiger partial charge is 0.191 e. The summed E-state index contributed by atoms with van der Waals surface area (Å²) in [6.07, 6.45) is 0.966. The van der Waals surface area contributed by atoms with Crippen LogP contribution in [0.5, 0.6) is 5.75 Å². The van der Waals surface area contributed by atoms with Crippen LogP contribution < -0.4 is 15.4 Å². The fraction of sp³-hybridized carbons (Fsp3) is 0.696. The Bertz CT molecular complexity index is 606. The van der Waals surface area contributed by atoms with E-state index in [-0.39, 0.29) is 24.0 Å². The average Bonchev–Trinajstić information content (AvgIpc) is 2.77. The molecule has 178 valence electrons. The zero-order valence-electron chi connectivity index (χ0n) is 19.7. The van der Waals surface area contributed by atoms with Crippen LogP contribution in [0.15, 0.2) is 29.3 Å². The molecule has 31 heavy (non-hydrogen) atoms. The van der Waals surface area contributed by atoms with Gasteiger partial charge in [-0.25, -0.2) is 4.99 Å². The van der Waals surface area contributed by atoms with Gasteiger partial charge in [-0.3, -0.25) is 0 Å². The van der Waals surface area contributed by atoms with E-state index >= 15 is 0 Å². The molecule has 8 heteroatoms. The van der Waals surface area contributed by atoms with Crippen molar-refractivity contribution in [2.45, 2.75) is 26.8 Å². The number of halogens is 1. The summed E-state index contributed by atoms with van der Waals surface area (Å²) >= 11 is 0. The molecular formula is C23H42IN5O2. The van der Waals surface area contributed by atoms with Gasteiger partial charge in [0.1, 0.15) is 5.75 Å². The van der Waals surface area contributed by atoms with Crippen LogP contribution in [0.2, 0.25) is 0 Å². The van der Waals surface area contributed by atoms with Gasteiger partial charge in [0, 0.05) is 59.0 Å². The zero-order valence-corrected chi connectivity index (χ0v) is 22.1. The maximum absolute atomic E-state index is 5.44. The highest BCUT2D eigenvalue weighted by Gasteiger charge is 2.16. The van der Waals surface area contributed by atoms with E-state index < -0.39 is 0 Å². The average molecular weight is 548 g/mol. The normalized spacial score (nSPS) is 16.5. The Morgan fingerprint density at radius 2 is 1.84 bits per heavy atom. The quantitative estimate of drug-likeness (QED) is 0.182. The van der Waals surface area contributed by atoms with Gasteiger partial charge in [0.15, 0.2) is 5.96 Å². The summed E-state index contributed by atoms with van der Waals surface area (Å²) in [4.78, 5) is 9.75. The highest BCUT2D eigenvalue weighted by molar-refractivity contribution is 14.0. The van der Waals surface area contributed by atoms with Gasteiger partial charge in [-0.15, -0.1) is 24.0 Å². The van der Waals surface area contributed by atoms with Crippen molar-refractivity contribution in [1.82, 2.24) is 20.4 Å². The fourth-order valence-electron chi connectivity index (χ4n) is 3.41. The van der Waals surface area contributed by atoms with Gasteiger partial charge in [0.05, 0.1) is 13.7 Å². The molecule has 1 saturated heterocycles. The van der Waals surface area contributed by atoms with E-state index in [1.165, 1.54) is 0 Å². The number of piperazine rings is 1. The molecule has 0 aromatic heterocycles.